The summed E-state index contributed by atoms with van der Waals surface area (Å²) >= 11 is 0. The summed E-state index contributed by atoms with van der Waals surface area (Å²) in [6.07, 6.45) is 1.54. The van der Waals surface area contributed by atoms with Gasteiger partial charge in [0.05, 0.1) is 31.4 Å². The zero-order chi connectivity index (χ0) is 17.7. The highest BCUT2D eigenvalue weighted by atomic mass is 31.2. The van der Waals surface area contributed by atoms with E-state index in [0.717, 1.165) is 0 Å². The van der Waals surface area contributed by atoms with E-state index < -0.39 is 13.6 Å². The molecule has 0 aliphatic heterocycles. The van der Waals surface area contributed by atoms with Crippen LogP contribution in [0.3, 0.4) is 0 Å². The van der Waals surface area contributed by atoms with Gasteiger partial charge in [-0.25, -0.2) is 4.79 Å². The fraction of sp³-hybridized carbons (Fsp3) is 0.294. The van der Waals surface area contributed by atoms with Crippen LogP contribution in [-0.4, -0.2) is 30.9 Å². The van der Waals surface area contributed by atoms with Crippen molar-refractivity contribution < 1.29 is 23.1 Å². The van der Waals surface area contributed by atoms with Crippen molar-refractivity contribution in [1.82, 2.24) is 4.57 Å². The Kier molecular flexibility index (Phi) is 5.81. The monoisotopic (exact) mass is 349 g/mol. The number of rotatable bonds is 7. The highest BCUT2D eigenvalue weighted by Crippen LogP contribution is 2.58. The van der Waals surface area contributed by atoms with Gasteiger partial charge in [0.25, 0.3) is 0 Å². The van der Waals surface area contributed by atoms with Gasteiger partial charge in [-0.3, -0.25) is 4.57 Å². The number of aromatic nitrogens is 1. The zero-order valence-corrected chi connectivity index (χ0v) is 14.8. The van der Waals surface area contributed by atoms with Crippen LogP contribution >= 0.6 is 7.60 Å². The molecule has 0 spiro atoms. The maximum atomic E-state index is 13.1. The Morgan fingerprint density at radius 2 is 1.88 bits per heavy atom. The van der Waals surface area contributed by atoms with E-state index in [1.807, 2.05) is 6.07 Å². The largest absolute Gasteiger partial charge is 0.465 e. The first-order valence-corrected chi connectivity index (χ1v) is 9.05. The second-order valence-electron chi connectivity index (χ2n) is 4.75. The minimum atomic E-state index is -3.63. The number of fused-ring (bicyclic) bond motifs is 1. The third kappa shape index (κ3) is 3.23. The first-order chi connectivity index (χ1) is 11.5. The fourth-order valence-electron chi connectivity index (χ4n) is 2.44. The van der Waals surface area contributed by atoms with Crippen molar-refractivity contribution in [1.29, 1.82) is 0 Å². The first-order valence-electron chi connectivity index (χ1n) is 7.50. The molecule has 128 valence electrons. The molecule has 2 rings (SSSR count). The van der Waals surface area contributed by atoms with E-state index in [4.69, 9.17) is 13.8 Å². The number of hydrogen-bond acceptors (Lipinski definition) is 5. The summed E-state index contributed by atoms with van der Waals surface area (Å²) in [6.45, 7) is 7.46. The van der Waals surface area contributed by atoms with Crippen molar-refractivity contribution in [2.45, 2.75) is 13.8 Å². The molecule has 0 saturated carbocycles. The summed E-state index contributed by atoms with van der Waals surface area (Å²) in [5.74, 6) is -0.490. The van der Waals surface area contributed by atoms with Gasteiger partial charge < -0.3 is 18.4 Å². The summed E-state index contributed by atoms with van der Waals surface area (Å²) in [5.41, 5.74) is 3.80. The number of nitrogens with zero attached hydrogens (tertiary/aromatic N) is 1. The lowest BCUT2D eigenvalue weighted by molar-refractivity contribution is 0.0603. The van der Waals surface area contributed by atoms with Gasteiger partial charge in [0, 0.05) is 11.6 Å². The quantitative estimate of drug-likeness (QED) is 0.424. The van der Waals surface area contributed by atoms with E-state index in [2.05, 4.69) is 12.3 Å². The summed E-state index contributed by atoms with van der Waals surface area (Å²) < 4.78 is 30.3. The van der Waals surface area contributed by atoms with Crippen LogP contribution in [0.15, 0.2) is 42.8 Å². The molecule has 0 atom stereocenters. The van der Waals surface area contributed by atoms with Crippen LogP contribution in [0.25, 0.3) is 16.3 Å². The van der Waals surface area contributed by atoms with Crippen molar-refractivity contribution in [2.24, 2.45) is 0 Å². The Hall–Kier alpha value is -2.10. The predicted octanol–water partition coefficient (Wildman–Crippen LogP) is 4.28. The number of methoxy groups -OCH3 is 1. The minimum Gasteiger partial charge on any atom is -0.465 e. The molecule has 1 heterocycles. The lowest BCUT2D eigenvalue weighted by atomic mass is 10.2. The summed E-state index contributed by atoms with van der Waals surface area (Å²) in [7, 11) is -2.32. The van der Waals surface area contributed by atoms with Gasteiger partial charge in [-0.1, -0.05) is 30.5 Å². The van der Waals surface area contributed by atoms with E-state index in [-0.39, 0.29) is 18.7 Å². The molecular formula is C17H20NO5P. The van der Waals surface area contributed by atoms with Crippen molar-refractivity contribution in [3.8, 4) is 0 Å². The van der Waals surface area contributed by atoms with E-state index in [1.54, 1.807) is 36.6 Å². The lowest BCUT2D eigenvalue weighted by Crippen LogP contribution is -2.04. The van der Waals surface area contributed by atoms with Crippen LogP contribution in [0.1, 0.15) is 24.2 Å². The highest BCUT2D eigenvalue weighted by Gasteiger charge is 2.33. The first kappa shape index (κ1) is 18.2. The van der Waals surface area contributed by atoms with Gasteiger partial charge in [0.1, 0.15) is 0 Å². The molecule has 0 bridgehead atoms. The van der Waals surface area contributed by atoms with E-state index in [1.165, 1.54) is 13.3 Å². The topological polar surface area (TPSA) is 66.8 Å². The van der Waals surface area contributed by atoms with Gasteiger partial charge in [-0.05, 0) is 19.9 Å². The minimum absolute atomic E-state index is 0.137. The molecule has 2 aromatic rings. The zero-order valence-electron chi connectivity index (χ0n) is 13.9. The molecule has 6 nitrogen and oxygen atoms in total. The van der Waals surface area contributed by atoms with Crippen LogP contribution in [0.5, 0.6) is 0 Å². The number of carbonyl (C=O) groups excluding carboxylic acids is 1. The summed E-state index contributed by atoms with van der Waals surface area (Å²) in [6, 6.07) is 7.19. The van der Waals surface area contributed by atoms with E-state index in [9.17, 15) is 9.36 Å². The molecule has 0 saturated heterocycles. The number of benzene rings is 1. The highest BCUT2D eigenvalue weighted by molar-refractivity contribution is 7.64. The Morgan fingerprint density at radius 3 is 2.42 bits per heavy atom. The molecule has 0 unspecified atom stereocenters. The predicted molar refractivity (Wildman–Crippen MR) is 93.0 cm³/mol. The van der Waals surface area contributed by atoms with Gasteiger partial charge in [0.15, 0.2) is 5.44 Å². The fourth-order valence-corrected chi connectivity index (χ4v) is 4.06. The number of carbonyl (C=O) groups is 1. The number of esters is 1. The molecule has 1 aromatic heterocycles. The smallest absolute Gasteiger partial charge is 0.385 e. The van der Waals surface area contributed by atoms with Crippen LogP contribution < -0.4 is 0 Å². The standard InChI is InChI=1S/C17H20NO5P/c1-5-16(24(20,22-6-2)23-7-3)18-12-14(17(19)21-4)13-10-8-9-11-15(13)18/h8-12H,1,6-7H2,2-4H3. The third-order valence-electron chi connectivity index (χ3n) is 3.36. The molecule has 0 aliphatic carbocycles. The van der Waals surface area contributed by atoms with Crippen LogP contribution in [0, 0.1) is 0 Å². The molecular weight excluding hydrogens is 329 g/mol. The number of ether oxygens (including phenoxy) is 1. The van der Waals surface area contributed by atoms with Crippen molar-refractivity contribution >= 4 is 29.9 Å². The SMILES string of the molecule is C=C=C(n1cc(C(=O)OC)c2ccccc21)P(=O)(OCC)OCC. The Balaban J connectivity index is 2.72. The van der Waals surface area contributed by atoms with Crippen molar-refractivity contribution in [2.75, 3.05) is 20.3 Å². The molecule has 0 amide bonds. The van der Waals surface area contributed by atoms with Gasteiger partial charge in [-0.2, -0.15) is 0 Å². The molecule has 0 radical (unpaired) electrons. The van der Waals surface area contributed by atoms with Gasteiger partial charge in [0.2, 0.25) is 0 Å². The molecule has 1 aromatic carbocycles. The Bertz CT molecular complexity index is 838. The Labute approximate surface area is 140 Å². The van der Waals surface area contributed by atoms with E-state index >= 15 is 0 Å². The van der Waals surface area contributed by atoms with Crippen molar-refractivity contribution in [3.63, 3.8) is 0 Å². The molecule has 24 heavy (non-hydrogen) atoms. The van der Waals surface area contributed by atoms with Crippen LogP contribution in [0.2, 0.25) is 0 Å². The average Bonchev–Trinajstić information content (AvgIpc) is 2.95. The van der Waals surface area contributed by atoms with Crippen LogP contribution in [0.4, 0.5) is 0 Å². The normalized spacial score (nSPS) is 11.3. The maximum Gasteiger partial charge on any atom is 0.385 e. The summed E-state index contributed by atoms with van der Waals surface area (Å²) in [4.78, 5) is 12.0. The molecule has 7 heteroatoms. The molecule has 0 fully saturated rings. The number of para-hydroxylation sites is 1. The second-order valence-corrected chi connectivity index (χ2v) is 6.69. The van der Waals surface area contributed by atoms with E-state index in [0.29, 0.717) is 16.5 Å². The number of hydrogen-bond donors (Lipinski definition) is 0. The molecule has 0 N–H and O–H groups in total. The lowest BCUT2D eigenvalue weighted by Gasteiger charge is -2.19. The van der Waals surface area contributed by atoms with Gasteiger partial charge in [-0.15, -0.1) is 0 Å². The second kappa shape index (κ2) is 7.65. The summed E-state index contributed by atoms with van der Waals surface area (Å²) in [5, 5.41) is 0.664. The van der Waals surface area contributed by atoms with Gasteiger partial charge >= 0.3 is 13.6 Å². The van der Waals surface area contributed by atoms with Crippen molar-refractivity contribution in [3.05, 3.63) is 48.3 Å². The maximum absolute atomic E-state index is 13.1. The third-order valence-corrected chi connectivity index (χ3v) is 5.45. The Morgan fingerprint density at radius 1 is 1.25 bits per heavy atom. The molecule has 0 aliphatic rings. The average molecular weight is 349 g/mol. The van der Waals surface area contributed by atoms with Crippen LogP contribution in [-0.2, 0) is 18.3 Å².